The van der Waals surface area contributed by atoms with Crippen molar-refractivity contribution in [3.8, 4) is 11.5 Å². The van der Waals surface area contributed by atoms with Gasteiger partial charge in [-0.1, -0.05) is 28.1 Å². The van der Waals surface area contributed by atoms with E-state index in [0.29, 0.717) is 21.5 Å². The molecule has 1 amide bonds. The molecule has 0 heterocycles. The Morgan fingerprint density at radius 1 is 1.09 bits per heavy atom. The zero-order valence-electron chi connectivity index (χ0n) is 17.5. The summed E-state index contributed by atoms with van der Waals surface area (Å²) in [5.41, 5.74) is 4.86. The maximum absolute atomic E-state index is 12.1. The van der Waals surface area contributed by atoms with Gasteiger partial charge in [0.05, 0.1) is 29.1 Å². The third kappa shape index (κ3) is 7.13. The van der Waals surface area contributed by atoms with Gasteiger partial charge >= 0.3 is 0 Å². The van der Waals surface area contributed by atoms with Gasteiger partial charge in [0.1, 0.15) is 6.61 Å². The first-order chi connectivity index (χ1) is 15.9. The maximum Gasteiger partial charge on any atom is 0.269 e. The number of ether oxygens (including phenoxy) is 2. The topological polar surface area (TPSA) is 103 Å². The summed E-state index contributed by atoms with van der Waals surface area (Å²) in [6, 6.07) is 17.1. The number of halogens is 2. The van der Waals surface area contributed by atoms with Crippen LogP contribution in [0, 0.1) is 10.1 Å². The van der Waals surface area contributed by atoms with E-state index in [9.17, 15) is 14.9 Å². The molecule has 0 aliphatic carbocycles. The van der Waals surface area contributed by atoms with Crippen molar-refractivity contribution in [2.45, 2.75) is 13.0 Å². The fraction of sp³-hybridized carbons (Fsp3) is 0.130. The average molecular weight is 577 g/mol. The molecule has 0 radical (unpaired) electrons. The highest BCUT2D eigenvalue weighted by Gasteiger charge is 2.12. The normalized spacial score (nSPS) is 10.8. The predicted molar refractivity (Wildman–Crippen MR) is 132 cm³/mol. The van der Waals surface area contributed by atoms with Crippen LogP contribution in [0.3, 0.4) is 0 Å². The minimum atomic E-state index is -0.451. The molecule has 0 aromatic heterocycles. The number of methoxy groups -OCH3 is 1. The van der Waals surface area contributed by atoms with Crippen LogP contribution in [-0.2, 0) is 17.8 Å². The van der Waals surface area contributed by atoms with Crippen LogP contribution in [-0.4, -0.2) is 24.2 Å². The van der Waals surface area contributed by atoms with Gasteiger partial charge in [-0.3, -0.25) is 14.9 Å². The van der Waals surface area contributed by atoms with Gasteiger partial charge < -0.3 is 9.47 Å². The summed E-state index contributed by atoms with van der Waals surface area (Å²) in [7, 11) is 1.52. The summed E-state index contributed by atoms with van der Waals surface area (Å²) in [6.07, 6.45) is 1.72. The third-order valence-corrected chi connectivity index (χ3v) is 5.58. The Balaban J connectivity index is 1.62. The third-order valence-electron chi connectivity index (χ3n) is 4.46. The van der Waals surface area contributed by atoms with Gasteiger partial charge in [-0.2, -0.15) is 5.10 Å². The molecule has 33 heavy (non-hydrogen) atoms. The second kappa shape index (κ2) is 11.6. The summed E-state index contributed by atoms with van der Waals surface area (Å²) < 4.78 is 12.9. The number of hydrogen-bond acceptors (Lipinski definition) is 6. The van der Waals surface area contributed by atoms with E-state index >= 15 is 0 Å². The Morgan fingerprint density at radius 2 is 1.76 bits per heavy atom. The molecule has 0 aliphatic rings. The molecule has 3 aromatic carbocycles. The zero-order valence-corrected chi connectivity index (χ0v) is 20.6. The van der Waals surface area contributed by atoms with Crippen molar-refractivity contribution in [1.29, 1.82) is 0 Å². The van der Waals surface area contributed by atoms with Crippen molar-refractivity contribution in [3.63, 3.8) is 0 Å². The Morgan fingerprint density at radius 3 is 2.39 bits per heavy atom. The summed E-state index contributed by atoms with van der Waals surface area (Å²) in [5.74, 6) is 0.712. The quantitative estimate of drug-likeness (QED) is 0.209. The fourth-order valence-electron chi connectivity index (χ4n) is 2.83. The van der Waals surface area contributed by atoms with E-state index in [2.05, 4.69) is 42.4 Å². The van der Waals surface area contributed by atoms with E-state index < -0.39 is 4.92 Å². The standard InChI is InChI=1S/C23H19Br2N3O5/c1-32-21-11-17(13-26-27-22(29)12-15-2-6-18(24)7-3-15)10-20(25)23(21)33-14-16-4-8-19(9-5-16)28(30)31/h2-11,13H,12,14H2,1H3,(H,27,29)/b26-13-. The van der Waals surface area contributed by atoms with Gasteiger partial charge in [-0.25, -0.2) is 5.43 Å². The number of nitro benzene ring substituents is 1. The van der Waals surface area contributed by atoms with Crippen LogP contribution < -0.4 is 14.9 Å². The molecule has 0 saturated carbocycles. The highest BCUT2D eigenvalue weighted by Crippen LogP contribution is 2.37. The number of carbonyl (C=O) groups excluding carboxylic acids is 1. The number of nitrogens with zero attached hydrogens (tertiary/aromatic N) is 2. The molecular weight excluding hydrogens is 558 g/mol. The van der Waals surface area contributed by atoms with Crippen molar-refractivity contribution in [3.05, 3.63) is 96.4 Å². The van der Waals surface area contributed by atoms with Crippen molar-refractivity contribution in [1.82, 2.24) is 5.43 Å². The van der Waals surface area contributed by atoms with Gasteiger partial charge in [0.2, 0.25) is 5.91 Å². The molecule has 3 rings (SSSR count). The minimum Gasteiger partial charge on any atom is -0.493 e. The van der Waals surface area contributed by atoms with Gasteiger partial charge in [0.25, 0.3) is 5.69 Å². The SMILES string of the molecule is COc1cc(/C=N\NC(=O)Cc2ccc(Br)cc2)cc(Br)c1OCc1ccc([N+](=O)[O-])cc1. The lowest BCUT2D eigenvalue weighted by molar-refractivity contribution is -0.384. The van der Waals surface area contributed by atoms with Crippen molar-refractivity contribution in [2.75, 3.05) is 7.11 Å². The second-order valence-corrected chi connectivity index (χ2v) is 8.61. The van der Waals surface area contributed by atoms with Crippen molar-refractivity contribution in [2.24, 2.45) is 5.10 Å². The lowest BCUT2D eigenvalue weighted by atomic mass is 10.1. The Bertz CT molecular complexity index is 1170. The first kappa shape index (κ1) is 24.4. The van der Waals surface area contributed by atoms with Gasteiger partial charge in [-0.05, 0) is 69.0 Å². The highest BCUT2D eigenvalue weighted by atomic mass is 79.9. The van der Waals surface area contributed by atoms with E-state index in [1.54, 1.807) is 24.3 Å². The summed E-state index contributed by atoms with van der Waals surface area (Å²) in [5, 5.41) is 14.8. The van der Waals surface area contributed by atoms with E-state index in [-0.39, 0.29) is 24.6 Å². The molecule has 10 heteroatoms. The van der Waals surface area contributed by atoms with E-state index in [0.717, 1.165) is 15.6 Å². The molecule has 8 nitrogen and oxygen atoms in total. The van der Waals surface area contributed by atoms with Crippen LogP contribution in [0.5, 0.6) is 11.5 Å². The van der Waals surface area contributed by atoms with E-state index in [4.69, 9.17) is 9.47 Å². The number of benzene rings is 3. The molecule has 0 fully saturated rings. The number of carbonyl (C=O) groups is 1. The van der Waals surface area contributed by atoms with Gasteiger partial charge in [0, 0.05) is 16.6 Å². The summed E-state index contributed by atoms with van der Waals surface area (Å²) >= 11 is 6.83. The van der Waals surface area contributed by atoms with Crippen LogP contribution in [0.25, 0.3) is 0 Å². The first-order valence-corrected chi connectivity index (χ1v) is 11.2. The molecule has 0 unspecified atom stereocenters. The molecular formula is C23H19Br2N3O5. The fourth-order valence-corrected chi connectivity index (χ4v) is 3.67. The molecule has 0 bridgehead atoms. The number of amides is 1. The smallest absolute Gasteiger partial charge is 0.269 e. The Labute approximate surface area is 207 Å². The monoisotopic (exact) mass is 575 g/mol. The van der Waals surface area contributed by atoms with Crippen LogP contribution in [0.4, 0.5) is 5.69 Å². The Hall–Kier alpha value is -3.24. The van der Waals surface area contributed by atoms with E-state index in [1.807, 2.05) is 24.3 Å². The molecule has 3 aromatic rings. The number of rotatable bonds is 9. The first-order valence-electron chi connectivity index (χ1n) is 9.65. The number of hydrogen-bond donors (Lipinski definition) is 1. The van der Waals surface area contributed by atoms with Gasteiger partial charge in [-0.15, -0.1) is 0 Å². The number of nitro groups is 1. The number of nitrogens with one attached hydrogen (secondary N) is 1. The largest absolute Gasteiger partial charge is 0.493 e. The molecule has 1 N–H and O–H groups in total. The zero-order chi connectivity index (χ0) is 23.8. The lowest BCUT2D eigenvalue weighted by Crippen LogP contribution is -2.19. The van der Waals surface area contributed by atoms with Crippen LogP contribution in [0.1, 0.15) is 16.7 Å². The van der Waals surface area contributed by atoms with Crippen LogP contribution in [0.2, 0.25) is 0 Å². The van der Waals surface area contributed by atoms with Crippen LogP contribution in [0.15, 0.2) is 74.7 Å². The summed E-state index contributed by atoms with van der Waals surface area (Å²) in [4.78, 5) is 22.4. The lowest BCUT2D eigenvalue weighted by Gasteiger charge is -2.13. The highest BCUT2D eigenvalue weighted by molar-refractivity contribution is 9.10. The minimum absolute atomic E-state index is 0.0186. The van der Waals surface area contributed by atoms with Gasteiger partial charge in [0.15, 0.2) is 11.5 Å². The van der Waals surface area contributed by atoms with E-state index in [1.165, 1.54) is 25.5 Å². The van der Waals surface area contributed by atoms with Crippen LogP contribution >= 0.6 is 31.9 Å². The van der Waals surface area contributed by atoms with Crippen molar-refractivity contribution >= 4 is 49.7 Å². The maximum atomic E-state index is 12.1. The predicted octanol–water partition coefficient (Wildman–Crippen LogP) is 5.40. The van der Waals surface area contributed by atoms with Crippen molar-refractivity contribution < 1.29 is 19.2 Å². The molecule has 0 aliphatic heterocycles. The molecule has 0 atom stereocenters. The molecule has 0 spiro atoms. The number of hydrazone groups is 1. The number of non-ortho nitro benzene ring substituents is 1. The molecule has 170 valence electrons. The Kier molecular flexibility index (Phi) is 8.56. The summed E-state index contributed by atoms with van der Waals surface area (Å²) in [6.45, 7) is 0.201. The molecule has 0 saturated heterocycles. The second-order valence-electron chi connectivity index (χ2n) is 6.84. The average Bonchev–Trinajstić information content (AvgIpc) is 2.80.